The van der Waals surface area contributed by atoms with Gasteiger partial charge in [-0.1, -0.05) is 22.0 Å². The number of fused-ring (bicyclic) bond motifs is 1. The van der Waals surface area contributed by atoms with E-state index in [0.717, 1.165) is 37.3 Å². The molecule has 2 aromatic rings. The van der Waals surface area contributed by atoms with Gasteiger partial charge in [-0.2, -0.15) is 0 Å². The van der Waals surface area contributed by atoms with Gasteiger partial charge in [-0.15, -0.1) is 0 Å². The van der Waals surface area contributed by atoms with Crippen molar-refractivity contribution >= 4 is 26.8 Å². The lowest BCUT2D eigenvalue weighted by Crippen LogP contribution is -2.35. The van der Waals surface area contributed by atoms with Crippen LogP contribution in [-0.4, -0.2) is 36.2 Å². The molecule has 1 aromatic heterocycles. The average Bonchev–Trinajstić information content (AvgIpc) is 2.71. The van der Waals surface area contributed by atoms with E-state index in [1.165, 1.54) is 16.6 Å². The van der Waals surface area contributed by atoms with Gasteiger partial charge in [0, 0.05) is 35.3 Å². The predicted molar refractivity (Wildman–Crippen MR) is 72.1 cm³/mol. The second-order valence-electron chi connectivity index (χ2n) is 4.41. The van der Waals surface area contributed by atoms with Crippen LogP contribution < -0.4 is 0 Å². The number of hydrogen-bond donors (Lipinski definition) is 1. The first-order valence-electron chi connectivity index (χ1n) is 5.88. The zero-order valence-corrected chi connectivity index (χ0v) is 11.2. The van der Waals surface area contributed by atoms with Gasteiger partial charge in [0.25, 0.3) is 0 Å². The third-order valence-corrected chi connectivity index (χ3v) is 3.63. The number of halogens is 1. The summed E-state index contributed by atoms with van der Waals surface area (Å²) in [6.07, 6.45) is 0. The third kappa shape index (κ3) is 2.54. The van der Waals surface area contributed by atoms with E-state index in [-0.39, 0.29) is 0 Å². The molecule has 1 N–H and O–H groups in total. The quantitative estimate of drug-likeness (QED) is 0.922. The number of rotatable bonds is 2. The van der Waals surface area contributed by atoms with Crippen LogP contribution in [0.3, 0.4) is 0 Å². The first kappa shape index (κ1) is 11.3. The van der Waals surface area contributed by atoms with E-state index in [9.17, 15) is 0 Å². The fourth-order valence-electron chi connectivity index (χ4n) is 2.24. The summed E-state index contributed by atoms with van der Waals surface area (Å²) in [5.41, 5.74) is 2.47. The van der Waals surface area contributed by atoms with Gasteiger partial charge in [-0.25, -0.2) is 0 Å². The van der Waals surface area contributed by atoms with E-state index < -0.39 is 0 Å². The van der Waals surface area contributed by atoms with Crippen LogP contribution in [0.2, 0.25) is 0 Å². The molecular weight excluding hydrogens is 280 g/mol. The van der Waals surface area contributed by atoms with Crippen LogP contribution in [0.5, 0.6) is 0 Å². The minimum atomic E-state index is 0.853. The molecule has 3 rings (SSSR count). The summed E-state index contributed by atoms with van der Waals surface area (Å²) in [5, 5.41) is 1.27. The molecule has 0 atom stereocenters. The molecule has 1 aliphatic rings. The Morgan fingerprint density at radius 2 is 2.06 bits per heavy atom. The maximum atomic E-state index is 5.35. The van der Waals surface area contributed by atoms with Gasteiger partial charge in [-0.3, -0.25) is 4.90 Å². The predicted octanol–water partition coefficient (Wildman–Crippen LogP) is 2.76. The number of nitrogens with one attached hydrogen (secondary N) is 1. The number of morpholine rings is 1. The van der Waals surface area contributed by atoms with Gasteiger partial charge in [0.1, 0.15) is 0 Å². The molecule has 0 aliphatic carbocycles. The molecule has 4 heteroatoms. The Hall–Kier alpha value is -0.840. The Balaban J connectivity index is 1.80. The monoisotopic (exact) mass is 294 g/mol. The van der Waals surface area contributed by atoms with Crippen molar-refractivity contribution < 1.29 is 4.74 Å². The van der Waals surface area contributed by atoms with E-state index >= 15 is 0 Å². The highest BCUT2D eigenvalue weighted by Crippen LogP contribution is 2.21. The highest BCUT2D eigenvalue weighted by molar-refractivity contribution is 9.10. The van der Waals surface area contributed by atoms with Crippen molar-refractivity contribution in [1.29, 1.82) is 0 Å². The molecule has 1 aromatic carbocycles. The van der Waals surface area contributed by atoms with Crippen LogP contribution in [0.15, 0.2) is 28.7 Å². The third-order valence-electron chi connectivity index (χ3n) is 3.14. The van der Waals surface area contributed by atoms with Crippen LogP contribution in [0.25, 0.3) is 10.9 Å². The highest BCUT2D eigenvalue weighted by atomic mass is 79.9. The number of hydrogen-bond acceptors (Lipinski definition) is 2. The second kappa shape index (κ2) is 4.80. The summed E-state index contributed by atoms with van der Waals surface area (Å²) < 4.78 is 6.47. The lowest BCUT2D eigenvalue weighted by atomic mass is 10.2. The normalized spacial score (nSPS) is 17.7. The lowest BCUT2D eigenvalue weighted by Gasteiger charge is -2.25. The van der Waals surface area contributed by atoms with E-state index in [1.807, 2.05) is 0 Å². The SMILES string of the molecule is Brc1ccc2cc(CN3CCOCC3)[nH]c2c1. The van der Waals surface area contributed by atoms with Crippen LogP contribution in [-0.2, 0) is 11.3 Å². The number of aromatic amines is 1. The van der Waals surface area contributed by atoms with Crippen molar-refractivity contribution in [3.63, 3.8) is 0 Å². The molecule has 17 heavy (non-hydrogen) atoms. The summed E-state index contributed by atoms with van der Waals surface area (Å²) in [5.74, 6) is 0. The van der Waals surface area contributed by atoms with E-state index in [1.54, 1.807) is 0 Å². The smallest absolute Gasteiger partial charge is 0.0594 e. The molecule has 0 amide bonds. The fraction of sp³-hybridized carbons (Fsp3) is 0.385. The zero-order chi connectivity index (χ0) is 11.7. The fourth-order valence-corrected chi connectivity index (χ4v) is 2.61. The Bertz CT molecular complexity index is 517. The van der Waals surface area contributed by atoms with Gasteiger partial charge in [0.15, 0.2) is 0 Å². The molecule has 90 valence electrons. The summed E-state index contributed by atoms with van der Waals surface area (Å²) in [7, 11) is 0. The highest BCUT2D eigenvalue weighted by Gasteiger charge is 2.11. The first-order valence-corrected chi connectivity index (χ1v) is 6.68. The molecule has 1 aliphatic heterocycles. The average molecular weight is 295 g/mol. The van der Waals surface area contributed by atoms with Crippen LogP contribution in [0.4, 0.5) is 0 Å². The van der Waals surface area contributed by atoms with Crippen LogP contribution in [0.1, 0.15) is 5.69 Å². The number of aromatic nitrogens is 1. The topological polar surface area (TPSA) is 28.3 Å². The summed E-state index contributed by atoms with van der Waals surface area (Å²) in [6.45, 7) is 4.74. The Kier molecular flexibility index (Phi) is 3.18. The second-order valence-corrected chi connectivity index (χ2v) is 5.33. The van der Waals surface area contributed by atoms with Crippen molar-refractivity contribution in [2.75, 3.05) is 26.3 Å². The number of nitrogens with zero attached hydrogens (tertiary/aromatic N) is 1. The summed E-state index contributed by atoms with van der Waals surface area (Å²) in [4.78, 5) is 5.89. The lowest BCUT2D eigenvalue weighted by molar-refractivity contribution is 0.0337. The van der Waals surface area contributed by atoms with Gasteiger partial charge in [-0.05, 0) is 23.6 Å². The van der Waals surface area contributed by atoms with Gasteiger partial charge in [0.05, 0.1) is 13.2 Å². The Morgan fingerprint density at radius 1 is 1.24 bits per heavy atom. The van der Waals surface area contributed by atoms with Gasteiger partial charge < -0.3 is 9.72 Å². The van der Waals surface area contributed by atoms with Crippen molar-refractivity contribution in [2.45, 2.75) is 6.54 Å². The number of ether oxygens (including phenoxy) is 1. The zero-order valence-electron chi connectivity index (χ0n) is 9.58. The standard InChI is InChI=1S/C13H15BrN2O/c14-11-2-1-10-7-12(15-13(10)8-11)9-16-3-5-17-6-4-16/h1-2,7-8,15H,3-6,9H2. The Labute approximate surface area is 109 Å². The number of benzene rings is 1. The van der Waals surface area contributed by atoms with Crippen molar-refractivity contribution in [2.24, 2.45) is 0 Å². The maximum absolute atomic E-state index is 5.35. The first-order chi connectivity index (χ1) is 8.31. The van der Waals surface area contributed by atoms with Gasteiger partial charge >= 0.3 is 0 Å². The Morgan fingerprint density at radius 3 is 2.88 bits per heavy atom. The van der Waals surface area contributed by atoms with E-state index in [0.29, 0.717) is 0 Å². The van der Waals surface area contributed by atoms with Crippen molar-refractivity contribution in [1.82, 2.24) is 9.88 Å². The molecule has 0 saturated carbocycles. The molecule has 1 saturated heterocycles. The van der Waals surface area contributed by atoms with Crippen LogP contribution in [0, 0.1) is 0 Å². The molecule has 1 fully saturated rings. The molecule has 0 unspecified atom stereocenters. The molecule has 2 heterocycles. The maximum Gasteiger partial charge on any atom is 0.0594 e. The van der Waals surface area contributed by atoms with Gasteiger partial charge in [0.2, 0.25) is 0 Å². The van der Waals surface area contributed by atoms with E-state index in [2.05, 4.69) is 50.1 Å². The van der Waals surface area contributed by atoms with Crippen molar-refractivity contribution in [3.8, 4) is 0 Å². The minimum absolute atomic E-state index is 0.853. The largest absolute Gasteiger partial charge is 0.379 e. The van der Waals surface area contributed by atoms with Crippen molar-refractivity contribution in [3.05, 3.63) is 34.4 Å². The molecule has 3 nitrogen and oxygen atoms in total. The summed E-state index contributed by atoms with van der Waals surface area (Å²) in [6, 6.07) is 8.57. The van der Waals surface area contributed by atoms with E-state index in [4.69, 9.17) is 4.74 Å². The molecular formula is C13H15BrN2O. The van der Waals surface area contributed by atoms with Crippen LogP contribution >= 0.6 is 15.9 Å². The molecule has 0 bridgehead atoms. The number of H-pyrrole nitrogens is 1. The molecule has 0 radical (unpaired) electrons. The minimum Gasteiger partial charge on any atom is -0.379 e. The molecule has 0 spiro atoms. The summed E-state index contributed by atoms with van der Waals surface area (Å²) >= 11 is 3.49.